The van der Waals surface area contributed by atoms with E-state index in [9.17, 15) is 9.90 Å². The molecule has 2 aliphatic carbocycles. The molecular formula is C24H24O4. The lowest BCUT2D eigenvalue weighted by atomic mass is 9.93. The van der Waals surface area contributed by atoms with Gasteiger partial charge in [0.2, 0.25) is 5.78 Å². The molecule has 1 atom stereocenters. The van der Waals surface area contributed by atoms with E-state index >= 15 is 0 Å². The zero-order valence-electron chi connectivity index (χ0n) is 16.0. The van der Waals surface area contributed by atoms with E-state index in [1.807, 2.05) is 36.4 Å². The van der Waals surface area contributed by atoms with Crippen LogP contribution in [0.3, 0.4) is 0 Å². The number of benzene rings is 2. The molecule has 0 amide bonds. The number of aliphatic hydroxyl groups is 1. The van der Waals surface area contributed by atoms with Gasteiger partial charge in [0.25, 0.3) is 0 Å². The number of rotatable bonds is 7. The number of carbonyl (C=O) groups is 1. The molecule has 1 N–H and O–H groups in total. The second-order valence-electron chi connectivity index (χ2n) is 7.16. The normalized spacial score (nSPS) is 18.0. The molecule has 28 heavy (non-hydrogen) atoms. The molecule has 2 aromatic rings. The number of ether oxygens (including phenoxy) is 2. The Morgan fingerprint density at radius 3 is 2.64 bits per heavy atom. The lowest BCUT2D eigenvalue weighted by molar-refractivity contribution is -0.121. The smallest absolute Gasteiger partial charge is 0.208 e. The number of Topliss-reactive ketones (excluding diaryl/α,β-unsaturated/α-hetero) is 1. The number of allylic oxidation sites excluding steroid dienone is 3. The SMILES string of the molecule is CCOC(=CO)C(=O)C1Cc2ccc(OCc3ccccc3)cc2C1=C1CC1. The molecule has 1 unspecified atom stereocenters. The van der Waals surface area contributed by atoms with Crippen molar-refractivity contribution in [2.75, 3.05) is 6.61 Å². The van der Waals surface area contributed by atoms with Crippen LogP contribution < -0.4 is 4.74 Å². The predicted octanol–water partition coefficient (Wildman–Crippen LogP) is 4.99. The summed E-state index contributed by atoms with van der Waals surface area (Å²) in [6, 6.07) is 16.1. The Labute approximate surface area is 165 Å². The van der Waals surface area contributed by atoms with Crippen molar-refractivity contribution in [1.29, 1.82) is 0 Å². The average Bonchev–Trinajstić information content (AvgIpc) is 3.50. The fraction of sp³-hybridized carbons (Fsp3) is 0.292. The Morgan fingerprint density at radius 2 is 1.96 bits per heavy atom. The first-order chi connectivity index (χ1) is 13.7. The Bertz CT molecular complexity index is 934. The fourth-order valence-electron chi connectivity index (χ4n) is 3.82. The van der Waals surface area contributed by atoms with E-state index in [0.717, 1.165) is 47.1 Å². The minimum atomic E-state index is -0.290. The standard InChI is InChI=1S/C24H24O4/c1-2-27-22(14-25)24(26)21-12-18-10-11-19(13-20(18)23(21)17-8-9-17)28-15-16-6-4-3-5-7-16/h3-7,10-11,13-14,21,25H,2,8-9,12,15H2,1H3. The van der Waals surface area contributed by atoms with Crippen molar-refractivity contribution < 1.29 is 19.4 Å². The predicted molar refractivity (Wildman–Crippen MR) is 108 cm³/mol. The van der Waals surface area contributed by atoms with Gasteiger partial charge >= 0.3 is 0 Å². The fourth-order valence-corrected chi connectivity index (χ4v) is 3.82. The Morgan fingerprint density at radius 1 is 1.18 bits per heavy atom. The largest absolute Gasteiger partial charge is 0.512 e. The summed E-state index contributed by atoms with van der Waals surface area (Å²) < 4.78 is 11.3. The van der Waals surface area contributed by atoms with Gasteiger partial charge in [-0.2, -0.15) is 0 Å². The maximum Gasteiger partial charge on any atom is 0.208 e. The Balaban J connectivity index is 1.58. The average molecular weight is 376 g/mol. The second-order valence-corrected chi connectivity index (χ2v) is 7.16. The van der Waals surface area contributed by atoms with Crippen LogP contribution in [0.1, 0.15) is 36.5 Å². The third kappa shape index (κ3) is 3.68. The van der Waals surface area contributed by atoms with Gasteiger partial charge < -0.3 is 14.6 Å². The van der Waals surface area contributed by atoms with Crippen LogP contribution in [0, 0.1) is 5.92 Å². The first kappa shape index (κ1) is 18.4. The van der Waals surface area contributed by atoms with Crippen LogP contribution in [0.4, 0.5) is 0 Å². The summed E-state index contributed by atoms with van der Waals surface area (Å²) in [5.41, 5.74) is 5.79. The Kier molecular flexibility index (Phi) is 5.20. The minimum Gasteiger partial charge on any atom is -0.512 e. The van der Waals surface area contributed by atoms with Crippen molar-refractivity contribution in [1.82, 2.24) is 0 Å². The highest BCUT2D eigenvalue weighted by atomic mass is 16.5. The van der Waals surface area contributed by atoms with Crippen molar-refractivity contribution in [2.24, 2.45) is 5.92 Å². The summed E-state index contributed by atoms with van der Waals surface area (Å²) in [5.74, 6) is 0.403. The van der Waals surface area contributed by atoms with Crippen LogP contribution in [0.2, 0.25) is 0 Å². The maximum atomic E-state index is 13.0. The summed E-state index contributed by atoms with van der Waals surface area (Å²) in [4.78, 5) is 13.0. The van der Waals surface area contributed by atoms with Gasteiger partial charge in [0.1, 0.15) is 18.6 Å². The van der Waals surface area contributed by atoms with Crippen LogP contribution in [0.15, 0.2) is 66.1 Å². The lowest BCUT2D eigenvalue weighted by Crippen LogP contribution is -2.18. The van der Waals surface area contributed by atoms with E-state index < -0.39 is 0 Å². The number of aliphatic hydroxyl groups excluding tert-OH is 1. The van der Waals surface area contributed by atoms with Crippen molar-refractivity contribution >= 4 is 11.4 Å². The summed E-state index contributed by atoms with van der Waals surface area (Å²) in [5, 5.41) is 9.42. The zero-order valence-corrected chi connectivity index (χ0v) is 16.0. The van der Waals surface area contributed by atoms with Gasteiger partial charge in [0.05, 0.1) is 12.5 Å². The summed E-state index contributed by atoms with van der Waals surface area (Å²) in [6.07, 6.45) is 3.48. The van der Waals surface area contributed by atoms with Crippen molar-refractivity contribution in [3.05, 3.63) is 82.8 Å². The minimum absolute atomic E-state index is 0.0413. The molecule has 0 heterocycles. The molecule has 0 aliphatic heterocycles. The molecule has 4 nitrogen and oxygen atoms in total. The lowest BCUT2D eigenvalue weighted by Gasteiger charge is -2.14. The van der Waals surface area contributed by atoms with Crippen molar-refractivity contribution in [3.63, 3.8) is 0 Å². The van der Waals surface area contributed by atoms with Gasteiger partial charge in [-0.3, -0.25) is 4.79 Å². The first-order valence-corrected chi connectivity index (χ1v) is 9.74. The van der Waals surface area contributed by atoms with Crippen molar-refractivity contribution in [3.8, 4) is 5.75 Å². The van der Waals surface area contributed by atoms with Gasteiger partial charge in [-0.15, -0.1) is 0 Å². The molecule has 0 radical (unpaired) electrons. The Hall–Kier alpha value is -3.01. The van der Waals surface area contributed by atoms with Gasteiger partial charge in [-0.1, -0.05) is 42.0 Å². The highest BCUT2D eigenvalue weighted by Crippen LogP contribution is 2.48. The number of ketones is 1. The number of hydrogen-bond acceptors (Lipinski definition) is 4. The zero-order chi connectivity index (χ0) is 19.5. The van der Waals surface area contributed by atoms with E-state index in [0.29, 0.717) is 19.6 Å². The van der Waals surface area contributed by atoms with Crippen LogP contribution in [-0.2, 0) is 22.6 Å². The molecule has 1 fully saturated rings. The third-order valence-corrected chi connectivity index (χ3v) is 5.25. The molecule has 144 valence electrons. The molecule has 0 aromatic heterocycles. The van der Waals surface area contributed by atoms with Gasteiger partial charge in [0, 0.05) is 0 Å². The summed E-state index contributed by atoms with van der Waals surface area (Å²) in [7, 11) is 0. The van der Waals surface area contributed by atoms with Gasteiger partial charge in [-0.25, -0.2) is 0 Å². The van der Waals surface area contributed by atoms with Crippen molar-refractivity contribution in [2.45, 2.75) is 32.8 Å². The highest BCUT2D eigenvalue weighted by molar-refractivity contribution is 6.05. The molecule has 4 heteroatoms. The van der Waals surface area contributed by atoms with E-state index in [1.54, 1.807) is 6.92 Å². The molecule has 0 saturated heterocycles. The van der Waals surface area contributed by atoms with E-state index in [4.69, 9.17) is 9.47 Å². The molecule has 2 aromatic carbocycles. The summed E-state index contributed by atoms with van der Waals surface area (Å²) in [6.45, 7) is 2.66. The third-order valence-electron chi connectivity index (χ3n) is 5.25. The molecule has 1 saturated carbocycles. The van der Waals surface area contributed by atoms with Crippen LogP contribution in [0.5, 0.6) is 5.75 Å². The molecule has 4 rings (SSSR count). The number of carbonyl (C=O) groups excluding carboxylic acids is 1. The number of fused-ring (bicyclic) bond motifs is 1. The van der Waals surface area contributed by atoms with Crippen LogP contribution >= 0.6 is 0 Å². The maximum absolute atomic E-state index is 13.0. The van der Waals surface area contributed by atoms with Crippen LogP contribution in [-0.4, -0.2) is 17.5 Å². The molecule has 2 aliphatic rings. The van der Waals surface area contributed by atoms with E-state index in [2.05, 4.69) is 12.1 Å². The molecular weight excluding hydrogens is 352 g/mol. The topological polar surface area (TPSA) is 55.8 Å². The quantitative estimate of drug-likeness (QED) is 0.546. The van der Waals surface area contributed by atoms with Gasteiger partial charge in [0.15, 0.2) is 5.76 Å². The number of hydrogen-bond donors (Lipinski definition) is 1. The first-order valence-electron chi connectivity index (χ1n) is 9.74. The molecule has 0 bridgehead atoms. The second kappa shape index (κ2) is 7.93. The summed E-state index contributed by atoms with van der Waals surface area (Å²) >= 11 is 0. The monoisotopic (exact) mass is 376 g/mol. The van der Waals surface area contributed by atoms with Crippen LogP contribution in [0.25, 0.3) is 5.57 Å². The van der Waals surface area contributed by atoms with Gasteiger partial charge in [-0.05, 0) is 60.6 Å². The van der Waals surface area contributed by atoms with E-state index in [-0.39, 0.29) is 17.5 Å². The highest BCUT2D eigenvalue weighted by Gasteiger charge is 2.38. The molecule has 0 spiro atoms. The van der Waals surface area contributed by atoms with E-state index in [1.165, 1.54) is 5.57 Å².